The SMILES string of the molecule is C=C/C=C(\C=C)Cc1cc(COC(C)=O)ccc1O.CC. The lowest BCUT2D eigenvalue weighted by Crippen LogP contribution is -1.99. The van der Waals surface area contributed by atoms with Gasteiger partial charge in [0.25, 0.3) is 0 Å². The highest BCUT2D eigenvalue weighted by Gasteiger charge is 2.05. The fraction of sp³-hybridized carbons (Fsp3) is 0.278. The van der Waals surface area contributed by atoms with Crippen LogP contribution in [-0.4, -0.2) is 11.1 Å². The average Bonchev–Trinajstić information content (AvgIpc) is 2.49. The number of hydrogen-bond donors (Lipinski definition) is 1. The van der Waals surface area contributed by atoms with Gasteiger partial charge in [-0.2, -0.15) is 0 Å². The molecule has 0 heterocycles. The van der Waals surface area contributed by atoms with Crippen molar-refractivity contribution in [2.24, 2.45) is 0 Å². The zero-order valence-corrected chi connectivity index (χ0v) is 13.1. The van der Waals surface area contributed by atoms with Crippen LogP contribution in [0.3, 0.4) is 0 Å². The predicted octanol–water partition coefficient (Wildman–Crippen LogP) is 4.32. The zero-order chi connectivity index (χ0) is 16.3. The highest BCUT2D eigenvalue weighted by Crippen LogP contribution is 2.22. The first kappa shape index (κ1) is 18.7. The number of benzene rings is 1. The molecule has 21 heavy (non-hydrogen) atoms. The minimum Gasteiger partial charge on any atom is -0.508 e. The number of allylic oxidation sites excluding steroid dienone is 4. The minimum absolute atomic E-state index is 0.206. The van der Waals surface area contributed by atoms with Gasteiger partial charge in [0, 0.05) is 13.3 Å². The van der Waals surface area contributed by atoms with Crippen LogP contribution in [0.4, 0.5) is 0 Å². The van der Waals surface area contributed by atoms with Crippen LogP contribution in [-0.2, 0) is 22.6 Å². The minimum atomic E-state index is -0.326. The summed E-state index contributed by atoms with van der Waals surface area (Å²) in [5.41, 5.74) is 2.55. The van der Waals surface area contributed by atoms with Crippen LogP contribution in [0.25, 0.3) is 0 Å². The number of esters is 1. The van der Waals surface area contributed by atoms with E-state index in [9.17, 15) is 9.90 Å². The largest absolute Gasteiger partial charge is 0.508 e. The Bertz CT molecular complexity index is 513. The Morgan fingerprint density at radius 1 is 1.33 bits per heavy atom. The van der Waals surface area contributed by atoms with Gasteiger partial charge in [-0.05, 0) is 28.8 Å². The molecule has 0 saturated carbocycles. The van der Waals surface area contributed by atoms with E-state index in [0.29, 0.717) is 6.42 Å². The molecule has 0 fully saturated rings. The van der Waals surface area contributed by atoms with Crippen molar-refractivity contribution in [2.75, 3.05) is 0 Å². The highest BCUT2D eigenvalue weighted by molar-refractivity contribution is 5.65. The fourth-order valence-electron chi connectivity index (χ4n) is 1.63. The maximum absolute atomic E-state index is 10.8. The Morgan fingerprint density at radius 3 is 2.52 bits per heavy atom. The molecule has 0 aliphatic carbocycles. The number of hydrogen-bond acceptors (Lipinski definition) is 3. The molecule has 0 aromatic heterocycles. The number of carbonyl (C=O) groups is 1. The zero-order valence-electron chi connectivity index (χ0n) is 13.1. The number of phenolic OH excluding ortho intramolecular Hbond substituents is 1. The molecule has 3 heteroatoms. The molecule has 1 aromatic rings. The van der Waals surface area contributed by atoms with Crippen molar-refractivity contribution in [1.29, 1.82) is 0 Å². The molecule has 0 radical (unpaired) electrons. The molecule has 0 bridgehead atoms. The highest BCUT2D eigenvalue weighted by atomic mass is 16.5. The predicted molar refractivity (Wildman–Crippen MR) is 87.1 cm³/mol. The van der Waals surface area contributed by atoms with Gasteiger partial charge in [-0.1, -0.05) is 51.3 Å². The molecule has 3 nitrogen and oxygen atoms in total. The first-order valence-corrected chi connectivity index (χ1v) is 6.95. The molecule has 1 rings (SSSR count). The quantitative estimate of drug-likeness (QED) is 0.626. The van der Waals surface area contributed by atoms with Crippen LogP contribution in [0.2, 0.25) is 0 Å². The summed E-state index contributed by atoms with van der Waals surface area (Å²) < 4.78 is 4.93. The van der Waals surface area contributed by atoms with Gasteiger partial charge < -0.3 is 9.84 Å². The van der Waals surface area contributed by atoms with Crippen molar-refractivity contribution in [3.8, 4) is 5.75 Å². The molecular formula is C18H24O3. The first-order chi connectivity index (χ1) is 10.1. The van der Waals surface area contributed by atoms with E-state index >= 15 is 0 Å². The van der Waals surface area contributed by atoms with Gasteiger partial charge in [-0.3, -0.25) is 4.79 Å². The monoisotopic (exact) mass is 288 g/mol. The van der Waals surface area contributed by atoms with E-state index < -0.39 is 0 Å². The van der Waals surface area contributed by atoms with E-state index in [4.69, 9.17) is 4.74 Å². The maximum atomic E-state index is 10.8. The number of ether oxygens (including phenoxy) is 1. The summed E-state index contributed by atoms with van der Waals surface area (Å²) in [6, 6.07) is 5.15. The Morgan fingerprint density at radius 2 is 2.00 bits per heavy atom. The molecule has 0 unspecified atom stereocenters. The standard InChI is InChI=1S/C16H18O3.C2H6/c1-4-6-13(5-2)9-15-10-14(7-8-16(15)18)11-19-12(3)17;1-2/h4-8,10,18H,1-2,9,11H2,3H3;1-2H3/b13-6+;. The third-order valence-electron chi connectivity index (χ3n) is 2.57. The number of rotatable bonds is 6. The third kappa shape index (κ3) is 7.16. The topological polar surface area (TPSA) is 46.5 Å². The fourth-order valence-corrected chi connectivity index (χ4v) is 1.63. The molecule has 1 N–H and O–H groups in total. The summed E-state index contributed by atoms with van der Waals surface area (Å²) >= 11 is 0. The van der Waals surface area contributed by atoms with E-state index in [1.54, 1.807) is 24.3 Å². The van der Waals surface area contributed by atoms with Crippen molar-refractivity contribution < 1.29 is 14.6 Å². The van der Waals surface area contributed by atoms with Crippen LogP contribution in [0, 0.1) is 0 Å². The summed E-state index contributed by atoms with van der Waals surface area (Å²) in [5, 5.41) is 9.83. The molecule has 0 aliphatic heterocycles. The number of carbonyl (C=O) groups excluding carboxylic acids is 1. The second kappa shape index (κ2) is 10.5. The van der Waals surface area contributed by atoms with Gasteiger partial charge in [-0.25, -0.2) is 0 Å². The Labute approximate surface area is 127 Å². The second-order valence-electron chi connectivity index (χ2n) is 4.10. The van der Waals surface area contributed by atoms with Crippen LogP contribution in [0.1, 0.15) is 31.9 Å². The maximum Gasteiger partial charge on any atom is 0.302 e. The summed E-state index contributed by atoms with van der Waals surface area (Å²) in [6.45, 7) is 12.9. The van der Waals surface area contributed by atoms with E-state index in [1.807, 2.05) is 26.0 Å². The van der Waals surface area contributed by atoms with Crippen molar-refractivity contribution in [3.05, 3.63) is 66.3 Å². The number of aromatic hydroxyl groups is 1. The van der Waals surface area contributed by atoms with Crippen molar-refractivity contribution in [2.45, 2.75) is 33.8 Å². The van der Waals surface area contributed by atoms with Crippen LogP contribution < -0.4 is 0 Å². The van der Waals surface area contributed by atoms with Gasteiger partial charge in [0.05, 0.1) is 0 Å². The van der Waals surface area contributed by atoms with Gasteiger partial charge in [-0.15, -0.1) is 0 Å². The first-order valence-electron chi connectivity index (χ1n) is 6.95. The van der Waals surface area contributed by atoms with Crippen molar-refractivity contribution in [1.82, 2.24) is 0 Å². The molecule has 114 valence electrons. The Balaban J connectivity index is 0.00000191. The smallest absolute Gasteiger partial charge is 0.302 e. The Kier molecular flexibility index (Phi) is 9.35. The molecule has 0 spiro atoms. The lowest BCUT2D eigenvalue weighted by atomic mass is 10.0. The van der Waals surface area contributed by atoms with Crippen molar-refractivity contribution >= 4 is 5.97 Å². The van der Waals surface area contributed by atoms with E-state index in [-0.39, 0.29) is 18.3 Å². The van der Waals surface area contributed by atoms with Gasteiger partial charge >= 0.3 is 5.97 Å². The molecule has 0 aliphatic rings. The van der Waals surface area contributed by atoms with E-state index in [2.05, 4.69) is 13.2 Å². The lowest BCUT2D eigenvalue weighted by molar-refractivity contribution is -0.142. The van der Waals surface area contributed by atoms with Gasteiger partial charge in [0.2, 0.25) is 0 Å². The van der Waals surface area contributed by atoms with E-state index in [0.717, 1.165) is 16.7 Å². The normalized spacial score (nSPS) is 10.1. The summed E-state index contributed by atoms with van der Waals surface area (Å²) in [6.07, 6.45) is 5.79. The molecule has 0 amide bonds. The second-order valence-corrected chi connectivity index (χ2v) is 4.10. The van der Waals surface area contributed by atoms with Crippen molar-refractivity contribution in [3.63, 3.8) is 0 Å². The van der Waals surface area contributed by atoms with E-state index in [1.165, 1.54) is 6.92 Å². The average molecular weight is 288 g/mol. The third-order valence-corrected chi connectivity index (χ3v) is 2.57. The van der Waals surface area contributed by atoms with Crippen LogP contribution in [0.5, 0.6) is 5.75 Å². The summed E-state index contributed by atoms with van der Waals surface area (Å²) in [4.78, 5) is 10.8. The van der Waals surface area contributed by atoms with Crippen LogP contribution >= 0.6 is 0 Å². The van der Waals surface area contributed by atoms with Crippen LogP contribution in [0.15, 0.2) is 55.2 Å². The Hall–Kier alpha value is -2.29. The van der Waals surface area contributed by atoms with Gasteiger partial charge in [0.15, 0.2) is 0 Å². The summed E-state index contributed by atoms with van der Waals surface area (Å²) in [5.74, 6) is -0.114. The lowest BCUT2D eigenvalue weighted by Gasteiger charge is -2.08. The molecule has 1 aromatic carbocycles. The summed E-state index contributed by atoms with van der Waals surface area (Å²) in [7, 11) is 0. The molecule has 0 saturated heterocycles. The van der Waals surface area contributed by atoms with Gasteiger partial charge in [0.1, 0.15) is 12.4 Å². The molecular weight excluding hydrogens is 264 g/mol. The number of phenols is 1. The molecule has 0 atom stereocenters.